The monoisotopic (exact) mass is 659 g/mol. The number of nitrogens with zero attached hydrogens (tertiary/aromatic N) is 4. The smallest absolute Gasteiger partial charge is 0.338 e. The van der Waals surface area contributed by atoms with E-state index in [1.807, 2.05) is 32.0 Å². The summed E-state index contributed by atoms with van der Waals surface area (Å²) in [5.41, 5.74) is 8.99. The lowest BCUT2D eigenvalue weighted by molar-refractivity contribution is -0.121. The van der Waals surface area contributed by atoms with Crippen molar-refractivity contribution in [3.63, 3.8) is 0 Å². The predicted octanol–water partition coefficient (Wildman–Crippen LogP) is 5.50. The van der Waals surface area contributed by atoms with Gasteiger partial charge in [0, 0.05) is 17.5 Å². The van der Waals surface area contributed by atoms with Crippen molar-refractivity contribution in [1.29, 1.82) is 10.5 Å². The van der Waals surface area contributed by atoms with Gasteiger partial charge in [-0.1, -0.05) is 43.0 Å². The van der Waals surface area contributed by atoms with Crippen LogP contribution in [0.5, 0.6) is 5.75 Å². The van der Waals surface area contributed by atoms with Gasteiger partial charge >= 0.3 is 5.97 Å². The Hall–Kier alpha value is -5.98. The lowest BCUT2D eigenvalue weighted by Crippen LogP contribution is -2.31. The van der Waals surface area contributed by atoms with Crippen LogP contribution in [0.1, 0.15) is 57.7 Å². The first-order valence-corrected chi connectivity index (χ1v) is 15.9. The number of esters is 1. The van der Waals surface area contributed by atoms with Gasteiger partial charge < -0.3 is 15.2 Å². The van der Waals surface area contributed by atoms with Crippen molar-refractivity contribution >= 4 is 46.8 Å². The van der Waals surface area contributed by atoms with Gasteiger partial charge in [0.1, 0.15) is 34.3 Å². The van der Waals surface area contributed by atoms with Crippen molar-refractivity contribution in [3.8, 4) is 29.0 Å². The number of aromatic nitrogens is 1. The summed E-state index contributed by atoms with van der Waals surface area (Å²) in [6.45, 7) is 3.89. The van der Waals surface area contributed by atoms with E-state index in [9.17, 15) is 29.7 Å². The molecule has 11 nitrogen and oxygen atoms in total. The van der Waals surface area contributed by atoms with Crippen LogP contribution < -0.4 is 15.4 Å². The number of aryl methyl sites for hydroxylation is 1. The molecular weight excluding hydrogens is 630 g/mol. The van der Waals surface area contributed by atoms with E-state index in [2.05, 4.69) is 11.1 Å². The van der Waals surface area contributed by atoms with Gasteiger partial charge in [-0.05, 0) is 73.0 Å². The highest BCUT2D eigenvalue weighted by Crippen LogP contribution is 2.40. The van der Waals surface area contributed by atoms with Gasteiger partial charge in [0.2, 0.25) is 11.8 Å². The van der Waals surface area contributed by atoms with E-state index >= 15 is 0 Å². The van der Waals surface area contributed by atoms with Gasteiger partial charge in [-0.15, -0.1) is 0 Å². The molecule has 1 saturated heterocycles. The molecule has 0 radical (unpaired) electrons. The van der Waals surface area contributed by atoms with Crippen molar-refractivity contribution in [1.82, 2.24) is 4.98 Å². The van der Waals surface area contributed by atoms with Gasteiger partial charge in [0.15, 0.2) is 12.4 Å². The zero-order valence-electron chi connectivity index (χ0n) is 26.1. The van der Waals surface area contributed by atoms with Crippen LogP contribution in [0.15, 0.2) is 77.8 Å². The van der Waals surface area contributed by atoms with E-state index in [4.69, 9.17) is 15.2 Å². The molecule has 12 heteroatoms. The molecular formula is C36H29N5O6S. The average Bonchev–Trinajstić information content (AvgIpc) is 3.38. The van der Waals surface area contributed by atoms with Crippen LogP contribution in [0.25, 0.3) is 11.1 Å². The number of thioether (sulfide) groups is 1. The number of Topliss-reactive ketones (excluding diaryl/α,β-unsaturated/α-hetero) is 1. The van der Waals surface area contributed by atoms with Gasteiger partial charge in [0.25, 0.3) is 0 Å². The van der Waals surface area contributed by atoms with Gasteiger partial charge in [0.05, 0.1) is 28.7 Å². The molecule has 48 heavy (non-hydrogen) atoms. The summed E-state index contributed by atoms with van der Waals surface area (Å²) in [5.74, 6) is -1.63. The number of hydrogen-bond donors (Lipinski definition) is 1. The minimum atomic E-state index is -0.919. The van der Waals surface area contributed by atoms with Crippen molar-refractivity contribution in [2.75, 3.05) is 23.8 Å². The molecule has 2 N–H and O–H groups in total. The number of imide groups is 1. The van der Waals surface area contributed by atoms with E-state index in [0.29, 0.717) is 29.0 Å². The summed E-state index contributed by atoms with van der Waals surface area (Å²) in [6.07, 6.45) is 0.636. The lowest BCUT2D eigenvalue weighted by atomic mass is 9.96. The number of anilines is 2. The second-order valence-corrected chi connectivity index (χ2v) is 11.8. The Labute approximate surface area is 280 Å². The van der Waals surface area contributed by atoms with Crippen molar-refractivity contribution in [3.05, 3.63) is 101 Å². The first-order chi connectivity index (χ1) is 23.2. The number of carbonyl (C=O) groups is 4. The Morgan fingerprint density at radius 1 is 0.938 bits per heavy atom. The van der Waals surface area contributed by atoms with Crippen LogP contribution >= 0.6 is 11.8 Å². The first-order valence-electron chi connectivity index (χ1n) is 15.0. The molecule has 240 valence electrons. The molecule has 1 aromatic heterocycles. The number of hydrogen-bond acceptors (Lipinski definition) is 11. The van der Waals surface area contributed by atoms with Crippen LogP contribution in [-0.2, 0) is 20.7 Å². The van der Waals surface area contributed by atoms with Crippen molar-refractivity contribution in [2.45, 2.75) is 37.0 Å². The SMILES string of the molecule is CCOc1ccc(C(=O)COC(=O)c2ccc(N3C(=O)CC(Sc4nc(N)c(C#N)c(-c5ccc(CC)cc5)c4C#N)C3=O)cc2)cc1. The Kier molecular flexibility index (Phi) is 10.2. The molecule has 0 bridgehead atoms. The first kappa shape index (κ1) is 33.4. The Morgan fingerprint density at radius 2 is 1.58 bits per heavy atom. The Bertz CT molecular complexity index is 1980. The van der Waals surface area contributed by atoms with Crippen molar-refractivity contribution in [2.24, 2.45) is 0 Å². The fourth-order valence-corrected chi connectivity index (χ4v) is 6.25. The highest BCUT2D eigenvalue weighted by molar-refractivity contribution is 8.00. The lowest BCUT2D eigenvalue weighted by Gasteiger charge is -2.17. The average molecular weight is 660 g/mol. The molecule has 1 aliphatic rings. The maximum Gasteiger partial charge on any atom is 0.338 e. The number of amides is 2. The maximum atomic E-state index is 13.5. The van der Waals surface area contributed by atoms with Gasteiger partial charge in [-0.3, -0.25) is 14.4 Å². The summed E-state index contributed by atoms with van der Waals surface area (Å²) < 4.78 is 10.5. The van der Waals surface area contributed by atoms with Crippen LogP contribution in [0, 0.1) is 22.7 Å². The van der Waals surface area contributed by atoms with Crippen LogP contribution in [0.4, 0.5) is 11.5 Å². The fourth-order valence-electron chi connectivity index (χ4n) is 5.13. The molecule has 2 heterocycles. The Morgan fingerprint density at radius 3 is 2.19 bits per heavy atom. The number of rotatable bonds is 11. The summed E-state index contributed by atoms with van der Waals surface area (Å²) in [4.78, 5) is 56.9. The van der Waals surface area contributed by atoms with Gasteiger partial charge in [-0.25, -0.2) is 14.7 Å². The Balaban J connectivity index is 1.29. The third-order valence-electron chi connectivity index (χ3n) is 7.61. The molecule has 2 amide bonds. The molecule has 1 unspecified atom stereocenters. The van der Waals surface area contributed by atoms with Crippen LogP contribution in [0.3, 0.4) is 0 Å². The normalized spacial score (nSPS) is 13.9. The summed E-state index contributed by atoms with van der Waals surface area (Å²) in [5, 5.41) is 19.2. The minimum Gasteiger partial charge on any atom is -0.494 e. The van der Waals surface area contributed by atoms with Crippen molar-refractivity contribution < 1.29 is 28.7 Å². The summed E-state index contributed by atoms with van der Waals surface area (Å²) >= 11 is 0.933. The number of nitrogen functional groups attached to an aromatic ring is 1. The van der Waals surface area contributed by atoms with Crippen LogP contribution in [-0.4, -0.2) is 47.0 Å². The summed E-state index contributed by atoms with van der Waals surface area (Å²) in [7, 11) is 0. The molecule has 4 aromatic rings. The molecule has 0 saturated carbocycles. The standard InChI is InChI=1S/C36H29N5O6S/c1-3-21-5-7-23(8-6-21)32-27(18-37)33(39)40-34(28(32)19-38)48-30-17-31(43)41(35(30)44)25-13-9-24(10-14-25)36(45)47-20-29(42)22-11-15-26(16-12-22)46-4-2/h5-16,30H,3-4,17,20H2,1-2H3,(H2,39,40). The summed E-state index contributed by atoms with van der Waals surface area (Å²) in [6, 6.07) is 23.7. The number of nitriles is 2. The largest absolute Gasteiger partial charge is 0.494 e. The zero-order chi connectivity index (χ0) is 34.4. The van der Waals surface area contributed by atoms with Gasteiger partial charge in [-0.2, -0.15) is 10.5 Å². The number of pyridine rings is 1. The molecule has 1 fully saturated rings. The zero-order valence-corrected chi connectivity index (χ0v) is 26.9. The predicted molar refractivity (Wildman–Crippen MR) is 178 cm³/mol. The quantitative estimate of drug-likeness (QED) is 0.122. The molecule has 1 aliphatic heterocycles. The number of ether oxygens (including phenoxy) is 2. The van der Waals surface area contributed by atoms with Crippen LogP contribution in [0.2, 0.25) is 0 Å². The fraction of sp³-hybridized carbons (Fsp3) is 0.194. The second kappa shape index (κ2) is 14.6. The van der Waals surface area contributed by atoms with E-state index in [1.165, 1.54) is 24.3 Å². The van der Waals surface area contributed by atoms with E-state index in [-0.39, 0.29) is 45.4 Å². The maximum absolute atomic E-state index is 13.5. The van der Waals surface area contributed by atoms with E-state index < -0.39 is 29.6 Å². The molecule has 0 aliphatic carbocycles. The highest BCUT2D eigenvalue weighted by atomic mass is 32.2. The minimum absolute atomic E-state index is 0.0507. The molecule has 1 atom stereocenters. The topological polar surface area (TPSA) is 176 Å². The third kappa shape index (κ3) is 6.89. The number of nitrogens with two attached hydrogens (primary N) is 1. The molecule has 3 aromatic carbocycles. The number of carbonyl (C=O) groups excluding carboxylic acids is 4. The highest BCUT2D eigenvalue weighted by Gasteiger charge is 2.41. The third-order valence-corrected chi connectivity index (χ3v) is 8.78. The molecule has 5 rings (SSSR count). The van der Waals surface area contributed by atoms with E-state index in [1.54, 1.807) is 36.4 Å². The number of ketones is 1. The van der Waals surface area contributed by atoms with E-state index in [0.717, 1.165) is 28.6 Å². The second-order valence-electron chi connectivity index (χ2n) is 10.6. The number of benzene rings is 3. The molecule has 0 spiro atoms.